The standard InChI is InChI=1S/C20H33NO17S2/c1-5-39(27,28)7-6-34-16-15(32-3)13(24)20(38-17(16)18(25)26)37-14-11(21-9(2)22)19(33-4)36-10(12(14)23)8-35-40(29,30)31/h5,10-17,19-20,23-24H,1,6-8H2,2-4H3,(H,21,22)(H,25,26)(H,29,30,31). The second kappa shape index (κ2) is 14.4. The number of ether oxygens (including phenoxy) is 6. The Balaban J connectivity index is 2.35. The molecule has 0 spiro atoms. The Morgan fingerprint density at radius 3 is 2.15 bits per heavy atom. The first-order chi connectivity index (χ1) is 18.5. The molecule has 2 rings (SSSR count). The van der Waals surface area contributed by atoms with Crippen LogP contribution in [0, 0.1) is 0 Å². The Bertz CT molecular complexity index is 1100. The first-order valence-corrected chi connectivity index (χ1v) is 14.6. The van der Waals surface area contributed by atoms with Gasteiger partial charge in [-0.2, -0.15) is 8.42 Å². The number of aliphatic hydroxyl groups is 2. The fourth-order valence-electron chi connectivity index (χ4n) is 4.09. The van der Waals surface area contributed by atoms with Crippen LogP contribution in [0.5, 0.6) is 0 Å². The van der Waals surface area contributed by atoms with Crippen LogP contribution in [0.25, 0.3) is 0 Å². The van der Waals surface area contributed by atoms with Crippen molar-refractivity contribution in [3.63, 3.8) is 0 Å². The van der Waals surface area contributed by atoms with Crippen molar-refractivity contribution >= 4 is 32.1 Å². The average molecular weight is 624 g/mol. The van der Waals surface area contributed by atoms with Gasteiger partial charge in [0.25, 0.3) is 0 Å². The highest BCUT2D eigenvalue weighted by atomic mass is 32.3. The summed E-state index contributed by atoms with van der Waals surface area (Å²) in [4.78, 5) is 23.9. The third-order valence-corrected chi connectivity index (χ3v) is 7.59. The van der Waals surface area contributed by atoms with Crippen LogP contribution in [0.4, 0.5) is 0 Å². The van der Waals surface area contributed by atoms with Gasteiger partial charge in [0, 0.05) is 26.6 Å². The lowest BCUT2D eigenvalue weighted by molar-refractivity contribution is -0.342. The van der Waals surface area contributed by atoms with Gasteiger partial charge in [-0.1, -0.05) is 6.58 Å². The monoisotopic (exact) mass is 623 g/mol. The molecule has 5 N–H and O–H groups in total. The minimum absolute atomic E-state index is 0.501. The van der Waals surface area contributed by atoms with Crippen molar-refractivity contribution in [1.29, 1.82) is 0 Å². The molecule has 0 aliphatic carbocycles. The normalized spacial score (nSPS) is 35.1. The fourth-order valence-corrected chi connectivity index (χ4v) is 4.89. The summed E-state index contributed by atoms with van der Waals surface area (Å²) in [5.41, 5.74) is 0. The van der Waals surface area contributed by atoms with E-state index in [4.69, 9.17) is 33.0 Å². The molecule has 2 aliphatic rings. The first-order valence-electron chi connectivity index (χ1n) is 11.5. The van der Waals surface area contributed by atoms with Gasteiger partial charge in [0.2, 0.25) is 5.91 Å². The molecule has 232 valence electrons. The second-order valence-corrected chi connectivity index (χ2v) is 11.8. The third-order valence-electron chi connectivity index (χ3n) is 5.91. The molecule has 0 radical (unpaired) electrons. The molecule has 0 saturated carbocycles. The molecule has 0 aromatic carbocycles. The zero-order valence-electron chi connectivity index (χ0n) is 21.6. The van der Waals surface area contributed by atoms with Crippen molar-refractivity contribution in [2.45, 2.75) is 68.3 Å². The highest BCUT2D eigenvalue weighted by Gasteiger charge is 2.54. The molecule has 2 heterocycles. The van der Waals surface area contributed by atoms with Gasteiger partial charge in [0.1, 0.15) is 42.7 Å². The number of carboxylic acid groups (broad SMARTS) is 1. The summed E-state index contributed by atoms with van der Waals surface area (Å²) in [6.07, 6.45) is -14.9. The Hall–Kier alpha value is -1.82. The molecule has 18 nitrogen and oxygen atoms in total. The predicted molar refractivity (Wildman–Crippen MR) is 128 cm³/mol. The number of carboxylic acids is 1. The number of carbonyl (C=O) groups is 2. The minimum atomic E-state index is -4.96. The Morgan fingerprint density at radius 2 is 1.65 bits per heavy atom. The minimum Gasteiger partial charge on any atom is -0.479 e. The zero-order valence-corrected chi connectivity index (χ0v) is 23.2. The zero-order chi connectivity index (χ0) is 30.4. The maximum absolute atomic E-state index is 12.0. The second-order valence-electron chi connectivity index (χ2n) is 8.63. The molecule has 10 unspecified atom stereocenters. The lowest BCUT2D eigenvalue weighted by Gasteiger charge is -2.47. The van der Waals surface area contributed by atoms with Gasteiger partial charge >= 0.3 is 16.4 Å². The van der Waals surface area contributed by atoms with Crippen molar-refractivity contribution in [3.8, 4) is 0 Å². The number of sulfone groups is 1. The van der Waals surface area contributed by atoms with E-state index in [1.807, 2.05) is 0 Å². The van der Waals surface area contributed by atoms with Gasteiger partial charge in [-0.05, 0) is 0 Å². The molecule has 10 atom stereocenters. The van der Waals surface area contributed by atoms with Crippen LogP contribution < -0.4 is 5.32 Å². The van der Waals surface area contributed by atoms with Crippen molar-refractivity contribution in [3.05, 3.63) is 12.0 Å². The lowest BCUT2D eigenvalue weighted by Crippen LogP contribution is -2.68. The van der Waals surface area contributed by atoms with Crippen molar-refractivity contribution in [2.24, 2.45) is 0 Å². The molecule has 2 saturated heterocycles. The highest BCUT2D eigenvalue weighted by Crippen LogP contribution is 2.31. The first kappa shape index (κ1) is 34.4. The number of amides is 1. The van der Waals surface area contributed by atoms with E-state index in [1.165, 1.54) is 0 Å². The Morgan fingerprint density at radius 1 is 1.00 bits per heavy atom. The van der Waals surface area contributed by atoms with E-state index in [-0.39, 0.29) is 0 Å². The van der Waals surface area contributed by atoms with Crippen LogP contribution >= 0.6 is 0 Å². The number of carbonyl (C=O) groups excluding carboxylic acids is 1. The molecule has 2 fully saturated rings. The largest absolute Gasteiger partial charge is 0.479 e. The third kappa shape index (κ3) is 9.09. The maximum atomic E-state index is 12.0. The summed E-state index contributed by atoms with van der Waals surface area (Å²) < 4.78 is 91.0. The lowest BCUT2D eigenvalue weighted by atomic mass is 9.95. The summed E-state index contributed by atoms with van der Waals surface area (Å²) in [6, 6.07) is -1.32. The van der Waals surface area contributed by atoms with Gasteiger partial charge in [-0.15, -0.1) is 0 Å². The molecule has 0 aromatic heterocycles. The van der Waals surface area contributed by atoms with E-state index in [0.717, 1.165) is 21.1 Å². The number of methoxy groups -OCH3 is 2. The molecule has 0 aromatic rings. The summed E-state index contributed by atoms with van der Waals surface area (Å²) >= 11 is 0. The molecular formula is C20H33NO17S2. The number of nitrogens with one attached hydrogen (secondary N) is 1. The van der Waals surface area contributed by atoms with Crippen LogP contribution in [0.15, 0.2) is 12.0 Å². The molecule has 40 heavy (non-hydrogen) atoms. The number of hydrogen-bond acceptors (Lipinski definition) is 15. The maximum Gasteiger partial charge on any atom is 0.397 e. The van der Waals surface area contributed by atoms with Crippen LogP contribution in [0.3, 0.4) is 0 Å². The highest BCUT2D eigenvalue weighted by molar-refractivity contribution is 7.94. The van der Waals surface area contributed by atoms with Crippen LogP contribution in [0.2, 0.25) is 0 Å². The number of aliphatic hydroxyl groups excluding tert-OH is 2. The topological polar surface area (TPSA) is 260 Å². The Kier molecular flexibility index (Phi) is 12.4. The predicted octanol–water partition coefficient (Wildman–Crippen LogP) is -3.44. The fraction of sp³-hybridized carbons (Fsp3) is 0.800. The Labute approximate surface area is 229 Å². The van der Waals surface area contributed by atoms with Gasteiger partial charge in [-0.3, -0.25) is 9.35 Å². The van der Waals surface area contributed by atoms with Gasteiger partial charge in [0.05, 0.1) is 19.0 Å². The number of aliphatic carboxylic acids is 1. The molecule has 1 amide bonds. The summed E-state index contributed by atoms with van der Waals surface area (Å²) in [5, 5.41) is 34.7. The van der Waals surface area contributed by atoms with E-state index in [1.54, 1.807) is 0 Å². The SMILES string of the molecule is C=CS(=O)(=O)CCOC1C(C(=O)O)OC(OC2C(O)C(COS(=O)(=O)O)OC(OC)C2NC(C)=O)C(O)C1OC. The molecule has 0 bridgehead atoms. The van der Waals surface area contributed by atoms with E-state index in [2.05, 4.69) is 16.1 Å². The summed E-state index contributed by atoms with van der Waals surface area (Å²) in [7, 11) is -6.40. The van der Waals surface area contributed by atoms with Crippen molar-refractivity contribution < 1.29 is 78.9 Å². The molecular weight excluding hydrogens is 590 g/mol. The van der Waals surface area contributed by atoms with E-state index >= 15 is 0 Å². The van der Waals surface area contributed by atoms with Crippen LogP contribution in [-0.4, -0.2) is 143 Å². The van der Waals surface area contributed by atoms with Crippen LogP contribution in [0.1, 0.15) is 6.92 Å². The smallest absolute Gasteiger partial charge is 0.397 e. The average Bonchev–Trinajstić information content (AvgIpc) is 2.85. The quantitative estimate of drug-likeness (QED) is 0.118. The van der Waals surface area contributed by atoms with Crippen molar-refractivity contribution in [1.82, 2.24) is 5.32 Å². The van der Waals surface area contributed by atoms with Gasteiger partial charge in [-0.25, -0.2) is 17.4 Å². The summed E-state index contributed by atoms with van der Waals surface area (Å²) in [6.45, 7) is 2.85. The van der Waals surface area contributed by atoms with Crippen LogP contribution in [-0.2, 0) is 62.4 Å². The van der Waals surface area contributed by atoms with E-state index < -0.39 is 112 Å². The van der Waals surface area contributed by atoms with E-state index in [0.29, 0.717) is 5.41 Å². The van der Waals surface area contributed by atoms with E-state index in [9.17, 15) is 41.7 Å². The molecule has 20 heteroatoms. The molecule has 2 aliphatic heterocycles. The van der Waals surface area contributed by atoms with Gasteiger partial charge < -0.3 is 49.1 Å². The summed E-state index contributed by atoms with van der Waals surface area (Å²) in [5.74, 6) is -2.79. The number of rotatable bonds is 14. The van der Waals surface area contributed by atoms with Crippen molar-refractivity contribution in [2.75, 3.05) is 33.2 Å². The number of hydrogen-bond donors (Lipinski definition) is 5. The van der Waals surface area contributed by atoms with Gasteiger partial charge in [0.15, 0.2) is 28.5 Å².